The Morgan fingerprint density at radius 2 is 2.22 bits per heavy atom. The van der Waals surface area contributed by atoms with E-state index in [2.05, 4.69) is 18.7 Å². The number of nitrogens with zero attached hydrogens (tertiary/aromatic N) is 2. The lowest BCUT2D eigenvalue weighted by Gasteiger charge is -2.37. The Balaban J connectivity index is 1.65. The Morgan fingerprint density at radius 1 is 1.39 bits per heavy atom. The monoisotopic (exact) mass is 336 g/mol. The lowest BCUT2D eigenvalue weighted by atomic mass is 9.95. The van der Waals surface area contributed by atoms with E-state index in [-0.39, 0.29) is 6.04 Å². The number of benzene rings is 1. The number of carbonyl (C=O) groups excluding carboxylic acids is 1. The van der Waals surface area contributed by atoms with Crippen molar-refractivity contribution in [2.24, 2.45) is 5.92 Å². The molecule has 0 bridgehead atoms. The molecule has 1 aromatic carbocycles. The summed E-state index contributed by atoms with van der Waals surface area (Å²) in [4.78, 5) is 16.5. The third-order valence-electron chi connectivity index (χ3n) is 4.76. The Bertz CT molecular complexity index is 576. The number of likely N-dealkylation sites (tertiary alicyclic amines) is 1. The summed E-state index contributed by atoms with van der Waals surface area (Å²) in [5.41, 5.74) is 1.16. The molecule has 5 heteroatoms. The second-order valence-corrected chi connectivity index (χ2v) is 7.32. The van der Waals surface area contributed by atoms with Gasteiger partial charge in [-0.15, -0.1) is 0 Å². The molecule has 1 saturated heterocycles. The minimum atomic E-state index is 0.289. The van der Waals surface area contributed by atoms with Crippen LogP contribution in [0.5, 0.6) is 5.75 Å². The molecule has 2 heterocycles. The smallest absolute Gasteiger partial charge is 0.222 e. The van der Waals surface area contributed by atoms with Crippen LogP contribution in [0.3, 0.4) is 0 Å². The van der Waals surface area contributed by atoms with Crippen molar-refractivity contribution in [1.29, 1.82) is 0 Å². The molecule has 4 nitrogen and oxygen atoms in total. The van der Waals surface area contributed by atoms with Crippen LogP contribution >= 0.6 is 11.6 Å². The molecule has 0 aliphatic carbocycles. The van der Waals surface area contributed by atoms with Crippen LogP contribution < -0.4 is 4.74 Å². The van der Waals surface area contributed by atoms with Gasteiger partial charge in [0.25, 0.3) is 0 Å². The van der Waals surface area contributed by atoms with Gasteiger partial charge in [-0.05, 0) is 44.4 Å². The van der Waals surface area contributed by atoms with Gasteiger partial charge in [-0.2, -0.15) is 0 Å². The van der Waals surface area contributed by atoms with Crippen molar-refractivity contribution in [3.63, 3.8) is 0 Å². The molecule has 0 aromatic heterocycles. The maximum atomic E-state index is 12.0. The topological polar surface area (TPSA) is 32.8 Å². The fourth-order valence-electron chi connectivity index (χ4n) is 3.53. The zero-order chi connectivity index (χ0) is 16.4. The Labute approximate surface area is 143 Å². The molecule has 1 amide bonds. The highest BCUT2D eigenvalue weighted by atomic mass is 35.5. The third kappa shape index (κ3) is 3.99. The molecule has 1 atom stereocenters. The largest absolute Gasteiger partial charge is 0.492 e. The van der Waals surface area contributed by atoms with Crippen LogP contribution in [0.2, 0.25) is 5.02 Å². The molecule has 126 valence electrons. The molecular formula is C18H25ClN2O2. The van der Waals surface area contributed by atoms with Crippen LogP contribution in [-0.4, -0.2) is 48.0 Å². The zero-order valence-electron chi connectivity index (χ0n) is 13.9. The number of fused-ring (bicyclic) bond motifs is 1. The number of piperidine rings is 1. The van der Waals surface area contributed by atoms with E-state index in [1.54, 1.807) is 0 Å². The van der Waals surface area contributed by atoms with Crippen LogP contribution in [0, 0.1) is 5.92 Å². The standard InChI is InChI=1S/C18H25ClN2O2/c1-13(2)21-11-14(3-6-18(21)22)10-20-7-8-23-17-5-4-16(19)9-15(17)12-20/h4-5,9,13-14H,3,6-8,10-12H2,1-2H3. The van der Waals surface area contributed by atoms with E-state index in [1.807, 2.05) is 23.1 Å². The molecule has 1 aromatic rings. The average molecular weight is 337 g/mol. The van der Waals surface area contributed by atoms with Gasteiger partial charge in [0.1, 0.15) is 12.4 Å². The predicted octanol–water partition coefficient (Wildman–Crippen LogP) is 3.18. The summed E-state index contributed by atoms with van der Waals surface area (Å²) < 4.78 is 5.83. The zero-order valence-corrected chi connectivity index (χ0v) is 14.7. The quantitative estimate of drug-likeness (QED) is 0.850. The van der Waals surface area contributed by atoms with Gasteiger partial charge in [0.2, 0.25) is 5.91 Å². The van der Waals surface area contributed by atoms with Crippen LogP contribution in [0.1, 0.15) is 32.3 Å². The van der Waals surface area contributed by atoms with Crippen molar-refractivity contribution in [1.82, 2.24) is 9.80 Å². The van der Waals surface area contributed by atoms with Gasteiger partial charge in [0.15, 0.2) is 0 Å². The molecule has 1 unspecified atom stereocenters. The SMILES string of the molecule is CC(C)N1CC(CN2CCOc3ccc(Cl)cc3C2)CCC1=O. The Hall–Kier alpha value is -1.26. The number of halogens is 1. The van der Waals surface area contributed by atoms with E-state index in [4.69, 9.17) is 16.3 Å². The van der Waals surface area contributed by atoms with Gasteiger partial charge in [0, 0.05) is 49.2 Å². The van der Waals surface area contributed by atoms with Gasteiger partial charge in [-0.1, -0.05) is 11.6 Å². The number of hydrogen-bond donors (Lipinski definition) is 0. The molecule has 0 N–H and O–H groups in total. The summed E-state index contributed by atoms with van der Waals surface area (Å²) >= 11 is 6.12. The highest BCUT2D eigenvalue weighted by Crippen LogP contribution is 2.28. The number of ether oxygens (including phenoxy) is 1. The molecule has 0 spiro atoms. The lowest BCUT2D eigenvalue weighted by molar-refractivity contribution is -0.137. The lowest BCUT2D eigenvalue weighted by Crippen LogP contribution is -2.47. The van der Waals surface area contributed by atoms with Crippen molar-refractivity contribution in [2.75, 3.05) is 26.2 Å². The second kappa shape index (κ2) is 7.10. The first-order chi connectivity index (χ1) is 11.0. The summed E-state index contributed by atoms with van der Waals surface area (Å²) in [7, 11) is 0. The number of hydrogen-bond acceptors (Lipinski definition) is 3. The number of carbonyl (C=O) groups is 1. The van der Waals surface area contributed by atoms with Crippen LogP contribution in [0.4, 0.5) is 0 Å². The number of rotatable bonds is 3. The molecule has 0 radical (unpaired) electrons. The van der Waals surface area contributed by atoms with Crippen LogP contribution in [0.25, 0.3) is 0 Å². The summed E-state index contributed by atoms with van der Waals surface area (Å²) in [5, 5.41) is 0.753. The van der Waals surface area contributed by atoms with E-state index < -0.39 is 0 Å². The predicted molar refractivity (Wildman–Crippen MR) is 91.8 cm³/mol. The highest BCUT2D eigenvalue weighted by molar-refractivity contribution is 6.30. The van der Waals surface area contributed by atoms with Gasteiger partial charge in [0.05, 0.1) is 0 Å². The maximum Gasteiger partial charge on any atom is 0.222 e. The summed E-state index contributed by atoms with van der Waals surface area (Å²) in [5.74, 6) is 1.78. The maximum absolute atomic E-state index is 12.0. The van der Waals surface area contributed by atoms with Crippen LogP contribution in [0.15, 0.2) is 18.2 Å². The Morgan fingerprint density at radius 3 is 3.00 bits per heavy atom. The van der Waals surface area contributed by atoms with Crippen molar-refractivity contribution in [2.45, 2.75) is 39.3 Å². The van der Waals surface area contributed by atoms with Gasteiger partial charge in [-0.25, -0.2) is 0 Å². The van der Waals surface area contributed by atoms with Crippen LogP contribution in [-0.2, 0) is 11.3 Å². The van der Waals surface area contributed by atoms with Crippen molar-refractivity contribution >= 4 is 17.5 Å². The van der Waals surface area contributed by atoms with E-state index in [9.17, 15) is 4.79 Å². The van der Waals surface area contributed by atoms with Gasteiger partial charge in [-0.3, -0.25) is 9.69 Å². The molecule has 1 fully saturated rings. The van der Waals surface area contributed by atoms with Gasteiger partial charge >= 0.3 is 0 Å². The van der Waals surface area contributed by atoms with Crippen molar-refractivity contribution in [3.05, 3.63) is 28.8 Å². The first kappa shape index (κ1) is 16.6. The first-order valence-electron chi connectivity index (χ1n) is 8.46. The minimum absolute atomic E-state index is 0.289. The Kier molecular flexibility index (Phi) is 5.12. The van der Waals surface area contributed by atoms with E-state index in [0.717, 1.165) is 48.9 Å². The minimum Gasteiger partial charge on any atom is -0.492 e. The van der Waals surface area contributed by atoms with Crippen molar-refractivity contribution < 1.29 is 9.53 Å². The third-order valence-corrected chi connectivity index (χ3v) is 5.00. The molecule has 23 heavy (non-hydrogen) atoms. The van der Waals surface area contributed by atoms with Crippen molar-refractivity contribution in [3.8, 4) is 5.75 Å². The summed E-state index contributed by atoms with van der Waals surface area (Å²) in [6, 6.07) is 6.13. The normalized spacial score (nSPS) is 22.7. The fraction of sp³-hybridized carbons (Fsp3) is 0.611. The highest BCUT2D eigenvalue weighted by Gasteiger charge is 2.29. The molecule has 2 aliphatic rings. The molecule has 3 rings (SSSR count). The molecule has 0 saturated carbocycles. The average Bonchev–Trinajstić information content (AvgIpc) is 2.70. The van der Waals surface area contributed by atoms with E-state index >= 15 is 0 Å². The fourth-order valence-corrected chi connectivity index (χ4v) is 3.72. The molecule has 2 aliphatic heterocycles. The summed E-state index contributed by atoms with van der Waals surface area (Å²) in [6.07, 6.45) is 1.66. The first-order valence-corrected chi connectivity index (χ1v) is 8.84. The van der Waals surface area contributed by atoms with E-state index in [1.165, 1.54) is 0 Å². The second-order valence-electron chi connectivity index (χ2n) is 6.88. The molecular weight excluding hydrogens is 312 g/mol. The summed E-state index contributed by atoms with van der Waals surface area (Å²) in [6.45, 7) is 8.55. The van der Waals surface area contributed by atoms with E-state index in [0.29, 0.717) is 24.9 Å². The van der Waals surface area contributed by atoms with Gasteiger partial charge < -0.3 is 9.64 Å². The number of amides is 1.